The van der Waals surface area contributed by atoms with Crippen LogP contribution in [0.3, 0.4) is 0 Å². The number of benzene rings is 2. The topological polar surface area (TPSA) is 31.9 Å². The molecule has 1 N–H and O–H groups in total. The van der Waals surface area contributed by atoms with Gasteiger partial charge in [-0.1, -0.05) is 23.8 Å². The molecule has 0 bridgehead atoms. The average molecular weight is 402 g/mol. The number of nitrogens with zero attached hydrogens (tertiary/aromatic N) is 2. The lowest BCUT2D eigenvalue weighted by Crippen LogP contribution is -2.27. The summed E-state index contributed by atoms with van der Waals surface area (Å²) in [7, 11) is 2.06. The summed E-state index contributed by atoms with van der Waals surface area (Å²) in [5.74, 6) is -0.228. The second kappa shape index (κ2) is 7.94. The van der Waals surface area contributed by atoms with Crippen LogP contribution in [0.4, 0.5) is 10.1 Å². The van der Waals surface area contributed by atoms with Crippen molar-refractivity contribution >= 4 is 16.6 Å². The van der Waals surface area contributed by atoms with Crippen LogP contribution >= 0.6 is 0 Å². The van der Waals surface area contributed by atoms with Crippen LogP contribution in [0.2, 0.25) is 0 Å². The van der Waals surface area contributed by atoms with Crippen molar-refractivity contribution < 1.29 is 4.39 Å². The second-order valence-corrected chi connectivity index (χ2v) is 8.23. The van der Waals surface area contributed by atoms with Crippen LogP contribution < -0.4 is 4.90 Å². The maximum atomic E-state index is 13.5. The van der Waals surface area contributed by atoms with Crippen molar-refractivity contribution in [3.63, 3.8) is 0 Å². The summed E-state index contributed by atoms with van der Waals surface area (Å²) in [6, 6.07) is 15.3. The molecule has 1 unspecified atom stereocenters. The first-order valence-electron chi connectivity index (χ1n) is 10.3. The highest BCUT2D eigenvalue weighted by Crippen LogP contribution is 2.34. The van der Waals surface area contributed by atoms with Gasteiger partial charge in [0.05, 0.1) is 17.3 Å². The summed E-state index contributed by atoms with van der Waals surface area (Å²) in [5, 5.41) is 1.20. The number of pyridine rings is 1. The maximum absolute atomic E-state index is 13.5. The molecule has 154 valence electrons. The van der Waals surface area contributed by atoms with Crippen molar-refractivity contribution in [3.8, 4) is 0 Å². The molecule has 0 saturated carbocycles. The Morgan fingerprint density at radius 1 is 1.00 bits per heavy atom. The van der Waals surface area contributed by atoms with Gasteiger partial charge in [0.25, 0.3) is 0 Å². The SMILES string of the molecule is Cc1ccc(C)c(CC(c2nccc3c(C)c(C)[nH]c23)N(C)c2ccc(F)cc2)c1. The van der Waals surface area contributed by atoms with Gasteiger partial charge in [-0.05, 0) is 81.1 Å². The number of likely N-dealkylation sites (N-methyl/N-ethyl adjacent to an activating group) is 1. The van der Waals surface area contributed by atoms with Crippen LogP contribution in [0.15, 0.2) is 54.7 Å². The Morgan fingerprint density at radius 3 is 2.47 bits per heavy atom. The summed E-state index contributed by atoms with van der Waals surface area (Å²) in [5.41, 5.74) is 9.28. The lowest BCUT2D eigenvalue weighted by atomic mass is 9.95. The Bertz CT molecular complexity index is 1190. The van der Waals surface area contributed by atoms with Crippen LogP contribution in [0.5, 0.6) is 0 Å². The fourth-order valence-electron chi connectivity index (χ4n) is 4.16. The first-order chi connectivity index (χ1) is 14.3. The largest absolute Gasteiger partial charge is 0.366 e. The lowest BCUT2D eigenvalue weighted by molar-refractivity contribution is 0.624. The van der Waals surface area contributed by atoms with Crippen LogP contribution in [-0.2, 0) is 6.42 Å². The first kappa shape index (κ1) is 20.1. The van der Waals surface area contributed by atoms with Crippen LogP contribution in [-0.4, -0.2) is 17.0 Å². The summed E-state index contributed by atoms with van der Waals surface area (Å²) in [4.78, 5) is 10.6. The van der Waals surface area contributed by atoms with E-state index in [1.165, 1.54) is 39.8 Å². The Hall–Kier alpha value is -3.14. The highest BCUT2D eigenvalue weighted by Gasteiger charge is 2.24. The van der Waals surface area contributed by atoms with E-state index >= 15 is 0 Å². The van der Waals surface area contributed by atoms with Crippen LogP contribution in [0, 0.1) is 33.5 Å². The van der Waals surface area contributed by atoms with Gasteiger partial charge in [-0.15, -0.1) is 0 Å². The third-order valence-corrected chi connectivity index (χ3v) is 6.19. The summed E-state index contributed by atoms with van der Waals surface area (Å²) >= 11 is 0. The van der Waals surface area contributed by atoms with Crippen LogP contribution in [0.1, 0.15) is 39.7 Å². The monoisotopic (exact) mass is 401 g/mol. The molecule has 0 aliphatic carbocycles. The Kier molecular flexibility index (Phi) is 5.33. The molecule has 0 saturated heterocycles. The fourth-order valence-corrected chi connectivity index (χ4v) is 4.16. The van der Waals surface area contributed by atoms with Crippen molar-refractivity contribution in [3.05, 3.63) is 94.2 Å². The van der Waals surface area contributed by atoms with Gasteiger partial charge in [-0.25, -0.2) is 4.39 Å². The first-order valence-corrected chi connectivity index (χ1v) is 10.3. The molecule has 0 radical (unpaired) electrons. The molecule has 2 aromatic heterocycles. The van der Waals surface area contributed by atoms with E-state index in [0.29, 0.717) is 0 Å². The molecule has 0 fully saturated rings. The average Bonchev–Trinajstić information content (AvgIpc) is 3.03. The number of nitrogens with one attached hydrogen (secondary N) is 1. The molecule has 2 heterocycles. The Labute approximate surface area is 177 Å². The van der Waals surface area contributed by atoms with Crippen LogP contribution in [0.25, 0.3) is 10.9 Å². The zero-order chi connectivity index (χ0) is 21.4. The number of halogens is 1. The fraction of sp³-hybridized carbons (Fsp3) is 0.269. The van der Waals surface area contributed by atoms with E-state index in [1.54, 1.807) is 0 Å². The molecular formula is C26H28FN3. The molecule has 2 aromatic carbocycles. The number of aromatic amines is 1. The maximum Gasteiger partial charge on any atom is 0.123 e. The van der Waals surface area contributed by atoms with Gasteiger partial charge in [0.2, 0.25) is 0 Å². The number of rotatable bonds is 5. The molecule has 0 spiro atoms. The van der Waals surface area contributed by atoms with Gasteiger partial charge in [0.15, 0.2) is 0 Å². The molecule has 4 heteroatoms. The molecule has 0 aliphatic rings. The van der Waals surface area contributed by atoms with E-state index in [0.717, 1.165) is 29.0 Å². The Morgan fingerprint density at radius 2 is 1.73 bits per heavy atom. The summed E-state index contributed by atoms with van der Waals surface area (Å²) in [6.45, 7) is 8.52. The van der Waals surface area contributed by atoms with Gasteiger partial charge in [-0.3, -0.25) is 4.98 Å². The molecule has 0 aliphatic heterocycles. The lowest BCUT2D eigenvalue weighted by Gasteiger charge is -2.31. The van der Waals surface area contributed by atoms with E-state index in [1.807, 2.05) is 18.3 Å². The molecular weight excluding hydrogens is 373 g/mol. The van der Waals surface area contributed by atoms with Gasteiger partial charge in [0.1, 0.15) is 5.82 Å². The number of fused-ring (bicyclic) bond motifs is 1. The van der Waals surface area contributed by atoms with E-state index in [-0.39, 0.29) is 11.9 Å². The molecule has 4 rings (SSSR count). The van der Waals surface area contributed by atoms with Crippen molar-refractivity contribution in [1.29, 1.82) is 0 Å². The zero-order valence-corrected chi connectivity index (χ0v) is 18.3. The zero-order valence-electron chi connectivity index (χ0n) is 18.3. The summed E-state index contributed by atoms with van der Waals surface area (Å²) in [6.07, 6.45) is 2.71. The number of H-pyrrole nitrogens is 1. The predicted molar refractivity (Wildman–Crippen MR) is 123 cm³/mol. The standard InChI is InChI=1S/C26H28FN3/c1-16-6-7-17(2)20(14-16)15-24(30(5)22-10-8-21(27)9-11-22)26-25-23(12-13-28-26)18(3)19(4)29-25/h6-14,24,29H,15H2,1-5H3. The number of anilines is 1. The van der Waals surface area contributed by atoms with Gasteiger partial charge in [-0.2, -0.15) is 0 Å². The molecule has 0 amide bonds. The number of hydrogen-bond acceptors (Lipinski definition) is 2. The minimum atomic E-state index is -0.228. The predicted octanol–water partition coefficient (Wildman–Crippen LogP) is 6.36. The highest BCUT2D eigenvalue weighted by molar-refractivity contribution is 5.86. The molecule has 3 nitrogen and oxygen atoms in total. The minimum Gasteiger partial charge on any atom is -0.366 e. The second-order valence-electron chi connectivity index (χ2n) is 8.23. The quantitative estimate of drug-likeness (QED) is 0.422. The van der Waals surface area contributed by atoms with Crippen molar-refractivity contribution in [2.24, 2.45) is 0 Å². The normalized spacial score (nSPS) is 12.3. The molecule has 1 atom stereocenters. The van der Waals surface area contributed by atoms with Crippen molar-refractivity contribution in [2.45, 2.75) is 40.2 Å². The number of aryl methyl sites for hydroxylation is 4. The van der Waals surface area contributed by atoms with Gasteiger partial charge in [0, 0.05) is 30.0 Å². The van der Waals surface area contributed by atoms with Crippen molar-refractivity contribution in [1.82, 2.24) is 9.97 Å². The van der Waals surface area contributed by atoms with Gasteiger partial charge >= 0.3 is 0 Å². The smallest absolute Gasteiger partial charge is 0.123 e. The third kappa shape index (κ3) is 3.70. The number of hydrogen-bond donors (Lipinski definition) is 1. The van der Waals surface area contributed by atoms with E-state index in [9.17, 15) is 4.39 Å². The molecule has 30 heavy (non-hydrogen) atoms. The van der Waals surface area contributed by atoms with Crippen molar-refractivity contribution in [2.75, 3.05) is 11.9 Å². The molecule has 4 aromatic rings. The number of aromatic nitrogens is 2. The summed E-state index contributed by atoms with van der Waals surface area (Å²) < 4.78 is 13.5. The van der Waals surface area contributed by atoms with E-state index < -0.39 is 0 Å². The Balaban J connectivity index is 1.86. The minimum absolute atomic E-state index is 0.00267. The van der Waals surface area contributed by atoms with E-state index in [4.69, 9.17) is 4.98 Å². The van der Waals surface area contributed by atoms with E-state index in [2.05, 4.69) is 68.9 Å². The third-order valence-electron chi connectivity index (χ3n) is 6.19. The van der Waals surface area contributed by atoms with Gasteiger partial charge < -0.3 is 9.88 Å². The highest BCUT2D eigenvalue weighted by atomic mass is 19.1.